The second-order valence-corrected chi connectivity index (χ2v) is 4.33. The molecule has 0 spiro atoms. The third-order valence-electron chi connectivity index (χ3n) is 2.15. The maximum atomic E-state index is 5.87. The molecule has 1 unspecified atom stereocenters. The molecule has 1 N–H and O–H groups in total. The van der Waals surface area contributed by atoms with Gasteiger partial charge in [0.15, 0.2) is 0 Å². The predicted octanol–water partition coefficient (Wildman–Crippen LogP) is 2.61. The van der Waals surface area contributed by atoms with E-state index in [1.54, 1.807) is 0 Å². The summed E-state index contributed by atoms with van der Waals surface area (Å²) in [7, 11) is 0. The van der Waals surface area contributed by atoms with Crippen molar-refractivity contribution in [3.63, 3.8) is 0 Å². The number of nitrogens with one attached hydrogen (secondary N) is 1. The average Bonchev–Trinajstić information content (AvgIpc) is 2.23. The van der Waals surface area contributed by atoms with Gasteiger partial charge in [0.1, 0.15) is 12.1 Å². The lowest BCUT2D eigenvalue weighted by molar-refractivity contribution is 0.324. The highest BCUT2D eigenvalue weighted by molar-refractivity contribution is 6.20. The summed E-state index contributed by atoms with van der Waals surface area (Å²) in [6, 6.07) is 0. The van der Waals surface area contributed by atoms with Crippen molar-refractivity contribution in [1.29, 1.82) is 0 Å². The van der Waals surface area contributed by atoms with E-state index >= 15 is 0 Å². The molecule has 4 nitrogen and oxygen atoms in total. The van der Waals surface area contributed by atoms with Crippen molar-refractivity contribution in [2.45, 2.75) is 32.6 Å². The number of nitrogens with zero attached hydrogens (tertiary/aromatic N) is 2. The molecule has 1 heterocycles. The van der Waals surface area contributed by atoms with Crippen molar-refractivity contribution in [2.24, 2.45) is 0 Å². The maximum absolute atomic E-state index is 5.87. The van der Waals surface area contributed by atoms with E-state index in [0.717, 1.165) is 24.3 Å². The topological polar surface area (TPSA) is 47.0 Å². The number of aromatic nitrogens is 2. The van der Waals surface area contributed by atoms with E-state index in [1.165, 1.54) is 6.33 Å². The molecule has 1 aromatic heterocycles. The minimum atomic E-state index is 0.168. The summed E-state index contributed by atoms with van der Waals surface area (Å²) in [6.45, 7) is 7.26. The maximum Gasteiger partial charge on any atom is 0.221 e. The van der Waals surface area contributed by atoms with Crippen molar-refractivity contribution in [3.05, 3.63) is 11.9 Å². The van der Waals surface area contributed by atoms with Crippen LogP contribution in [-0.2, 0) is 0 Å². The summed E-state index contributed by atoms with van der Waals surface area (Å²) in [6.07, 6.45) is 2.40. The first-order valence-corrected chi connectivity index (χ1v) is 5.91. The highest BCUT2D eigenvalue weighted by atomic mass is 35.5. The van der Waals surface area contributed by atoms with Crippen LogP contribution in [0.2, 0.25) is 0 Å². The summed E-state index contributed by atoms with van der Waals surface area (Å²) >= 11 is 5.87. The van der Waals surface area contributed by atoms with Crippen molar-refractivity contribution >= 4 is 17.4 Å². The Morgan fingerprint density at radius 2 is 2.25 bits per heavy atom. The third-order valence-corrected chi connectivity index (χ3v) is 2.37. The van der Waals surface area contributed by atoms with Gasteiger partial charge in [-0.3, -0.25) is 0 Å². The number of rotatable bonds is 6. The Kier molecular flexibility index (Phi) is 5.32. The molecule has 1 atom stereocenters. The average molecular weight is 244 g/mol. The lowest BCUT2D eigenvalue weighted by Crippen LogP contribution is -2.10. The quantitative estimate of drug-likeness (QED) is 0.781. The first-order chi connectivity index (χ1) is 7.65. The molecule has 0 aliphatic rings. The van der Waals surface area contributed by atoms with Gasteiger partial charge in [-0.25, -0.2) is 9.97 Å². The highest BCUT2D eigenvalue weighted by Gasteiger charge is 2.07. The highest BCUT2D eigenvalue weighted by Crippen LogP contribution is 2.20. The Labute approximate surface area is 101 Å². The van der Waals surface area contributed by atoms with Crippen LogP contribution in [0.4, 0.5) is 5.82 Å². The second-order valence-electron chi connectivity index (χ2n) is 3.58. The van der Waals surface area contributed by atoms with E-state index in [4.69, 9.17) is 16.3 Å². The van der Waals surface area contributed by atoms with Crippen molar-refractivity contribution in [2.75, 3.05) is 18.5 Å². The molecule has 5 heteroatoms. The monoisotopic (exact) mass is 243 g/mol. The van der Waals surface area contributed by atoms with Crippen LogP contribution in [0.5, 0.6) is 5.88 Å². The molecule has 0 bridgehead atoms. The van der Waals surface area contributed by atoms with Crippen molar-refractivity contribution in [1.82, 2.24) is 9.97 Å². The number of hydrogen-bond donors (Lipinski definition) is 1. The van der Waals surface area contributed by atoms with Gasteiger partial charge >= 0.3 is 0 Å². The normalized spacial score (nSPS) is 12.2. The molecule has 1 rings (SSSR count). The zero-order valence-electron chi connectivity index (χ0n) is 9.96. The Morgan fingerprint density at radius 3 is 2.88 bits per heavy atom. The number of ether oxygens (including phenoxy) is 1. The largest absolute Gasteiger partial charge is 0.478 e. The Morgan fingerprint density at radius 1 is 1.50 bits per heavy atom. The van der Waals surface area contributed by atoms with E-state index < -0.39 is 0 Å². The molecule has 1 aromatic rings. The molecule has 0 amide bonds. The van der Waals surface area contributed by atoms with E-state index in [0.29, 0.717) is 12.5 Å². The molecule has 0 aromatic carbocycles. The molecular weight excluding hydrogens is 226 g/mol. The van der Waals surface area contributed by atoms with Crippen LogP contribution in [0.1, 0.15) is 25.8 Å². The lowest BCUT2D eigenvalue weighted by Gasteiger charge is -2.11. The minimum absolute atomic E-state index is 0.168. The molecule has 0 radical (unpaired) electrons. The van der Waals surface area contributed by atoms with Gasteiger partial charge in [-0.1, -0.05) is 0 Å². The molecule has 0 fully saturated rings. The zero-order chi connectivity index (χ0) is 12.0. The Hall–Kier alpha value is -1.03. The summed E-state index contributed by atoms with van der Waals surface area (Å²) in [5.41, 5.74) is 0.937. The molecule has 0 aliphatic carbocycles. The van der Waals surface area contributed by atoms with Gasteiger partial charge in [-0.15, -0.1) is 11.6 Å². The van der Waals surface area contributed by atoms with Gasteiger partial charge in [0.05, 0.1) is 12.2 Å². The first kappa shape index (κ1) is 13.0. The van der Waals surface area contributed by atoms with Crippen LogP contribution in [-0.4, -0.2) is 28.5 Å². The van der Waals surface area contributed by atoms with E-state index in [-0.39, 0.29) is 5.38 Å². The van der Waals surface area contributed by atoms with Gasteiger partial charge in [0.2, 0.25) is 5.88 Å². The van der Waals surface area contributed by atoms with Gasteiger partial charge in [0, 0.05) is 11.9 Å². The molecule has 0 saturated heterocycles. The molecule has 0 aliphatic heterocycles. The van der Waals surface area contributed by atoms with Crippen LogP contribution in [0.3, 0.4) is 0 Å². The smallest absolute Gasteiger partial charge is 0.221 e. The molecule has 16 heavy (non-hydrogen) atoms. The van der Waals surface area contributed by atoms with Gasteiger partial charge in [-0.2, -0.15) is 0 Å². The number of halogens is 1. The molecule has 90 valence electrons. The number of alkyl halides is 1. The first-order valence-electron chi connectivity index (χ1n) is 5.47. The number of hydrogen-bond acceptors (Lipinski definition) is 4. The van der Waals surface area contributed by atoms with Crippen LogP contribution < -0.4 is 10.1 Å². The summed E-state index contributed by atoms with van der Waals surface area (Å²) in [5.74, 6) is 1.45. The lowest BCUT2D eigenvalue weighted by atomic mass is 10.3. The van der Waals surface area contributed by atoms with Gasteiger partial charge in [0.25, 0.3) is 0 Å². The van der Waals surface area contributed by atoms with E-state index in [9.17, 15) is 0 Å². The minimum Gasteiger partial charge on any atom is -0.478 e. The van der Waals surface area contributed by atoms with Crippen molar-refractivity contribution in [3.8, 4) is 5.88 Å². The molecule has 0 saturated carbocycles. The second kappa shape index (κ2) is 6.53. The SMILES string of the molecule is CCOc1ncnc(NCCC(C)Cl)c1C. The summed E-state index contributed by atoms with van der Waals surface area (Å²) in [5, 5.41) is 3.40. The van der Waals surface area contributed by atoms with Crippen LogP contribution >= 0.6 is 11.6 Å². The summed E-state index contributed by atoms with van der Waals surface area (Å²) < 4.78 is 5.39. The Balaban J connectivity index is 2.62. The van der Waals surface area contributed by atoms with E-state index in [2.05, 4.69) is 15.3 Å². The van der Waals surface area contributed by atoms with Crippen LogP contribution in [0, 0.1) is 6.92 Å². The van der Waals surface area contributed by atoms with Gasteiger partial charge < -0.3 is 10.1 Å². The zero-order valence-corrected chi connectivity index (χ0v) is 10.7. The van der Waals surface area contributed by atoms with Gasteiger partial charge in [-0.05, 0) is 27.2 Å². The fourth-order valence-corrected chi connectivity index (χ4v) is 1.39. The standard InChI is InChI=1S/C11H18ClN3O/c1-4-16-11-9(3)10(14-7-15-11)13-6-5-8(2)12/h7-8H,4-6H2,1-3H3,(H,13,14,15). The summed E-state index contributed by atoms with van der Waals surface area (Å²) in [4.78, 5) is 8.25. The molecular formula is C11H18ClN3O. The fourth-order valence-electron chi connectivity index (χ4n) is 1.28. The van der Waals surface area contributed by atoms with Crippen molar-refractivity contribution < 1.29 is 4.74 Å². The Bertz CT molecular complexity index is 331. The third kappa shape index (κ3) is 3.85. The van der Waals surface area contributed by atoms with E-state index in [1.807, 2.05) is 20.8 Å². The van der Waals surface area contributed by atoms with Crippen LogP contribution in [0.25, 0.3) is 0 Å². The van der Waals surface area contributed by atoms with Crippen LogP contribution in [0.15, 0.2) is 6.33 Å². The predicted molar refractivity (Wildman–Crippen MR) is 66.4 cm³/mol. The number of anilines is 1. The fraction of sp³-hybridized carbons (Fsp3) is 0.636.